The Balaban J connectivity index is 2.15. The van der Waals surface area contributed by atoms with E-state index in [1.807, 2.05) is 0 Å². The van der Waals surface area contributed by atoms with E-state index in [0.717, 1.165) is 12.1 Å². The fourth-order valence-corrected chi connectivity index (χ4v) is 2.64. The minimum atomic E-state index is -1.75. The van der Waals surface area contributed by atoms with Crippen molar-refractivity contribution in [3.8, 4) is 34.5 Å². The summed E-state index contributed by atoms with van der Waals surface area (Å²) >= 11 is 0. The molecule has 0 spiro atoms. The zero-order valence-corrected chi connectivity index (χ0v) is 12.4. The number of ketones is 1. The fourth-order valence-electron chi connectivity index (χ4n) is 2.64. The van der Waals surface area contributed by atoms with E-state index in [1.165, 1.54) is 19.2 Å². The van der Waals surface area contributed by atoms with Crippen molar-refractivity contribution in [3.63, 3.8) is 0 Å². The Morgan fingerprint density at radius 3 is 2.46 bits per heavy atom. The second kappa shape index (κ2) is 5.50. The summed E-state index contributed by atoms with van der Waals surface area (Å²) in [6.07, 6.45) is -3.07. The fraction of sp³-hybridized carbons (Fsp3) is 0.188. The first-order valence-electron chi connectivity index (χ1n) is 6.89. The largest absolute Gasteiger partial charge is 0.508 e. The summed E-state index contributed by atoms with van der Waals surface area (Å²) in [6, 6.07) is 4.62. The van der Waals surface area contributed by atoms with E-state index in [2.05, 4.69) is 0 Å². The van der Waals surface area contributed by atoms with E-state index < -0.39 is 29.5 Å². The third kappa shape index (κ3) is 2.24. The van der Waals surface area contributed by atoms with Gasteiger partial charge in [-0.1, -0.05) is 0 Å². The van der Waals surface area contributed by atoms with Gasteiger partial charge in [-0.15, -0.1) is 0 Å². The molecule has 1 aliphatic rings. The number of carbonyl (C=O) groups excluding carboxylic acids is 1. The molecule has 0 saturated carbocycles. The molecule has 24 heavy (non-hydrogen) atoms. The quantitative estimate of drug-likeness (QED) is 0.517. The van der Waals surface area contributed by atoms with Crippen molar-refractivity contribution in [1.29, 1.82) is 0 Å². The Labute approximate surface area is 135 Å². The number of carbonyl (C=O) groups is 1. The molecule has 1 aliphatic heterocycles. The van der Waals surface area contributed by atoms with Crippen LogP contribution in [-0.4, -0.2) is 44.5 Å². The molecule has 2 aromatic rings. The van der Waals surface area contributed by atoms with Gasteiger partial charge in [0.25, 0.3) is 0 Å². The van der Waals surface area contributed by atoms with Crippen molar-refractivity contribution in [2.75, 3.05) is 7.11 Å². The summed E-state index contributed by atoms with van der Waals surface area (Å²) in [5.74, 6) is -3.00. The van der Waals surface area contributed by atoms with Crippen molar-refractivity contribution in [1.82, 2.24) is 0 Å². The van der Waals surface area contributed by atoms with Crippen LogP contribution in [0.3, 0.4) is 0 Å². The highest BCUT2D eigenvalue weighted by molar-refractivity contribution is 6.06. The summed E-state index contributed by atoms with van der Waals surface area (Å²) < 4.78 is 10.3. The molecule has 3 rings (SSSR count). The van der Waals surface area contributed by atoms with E-state index in [9.17, 15) is 30.3 Å². The molecule has 0 bridgehead atoms. The van der Waals surface area contributed by atoms with Crippen LogP contribution in [0.4, 0.5) is 0 Å². The van der Waals surface area contributed by atoms with Crippen LogP contribution in [0.5, 0.6) is 34.5 Å². The average molecular weight is 334 g/mol. The first-order chi connectivity index (χ1) is 11.3. The predicted octanol–water partition coefficient (Wildman–Crippen LogP) is 1.19. The Bertz CT molecular complexity index is 829. The van der Waals surface area contributed by atoms with E-state index in [1.54, 1.807) is 0 Å². The first-order valence-corrected chi connectivity index (χ1v) is 6.89. The Morgan fingerprint density at radius 2 is 1.79 bits per heavy atom. The van der Waals surface area contributed by atoms with Gasteiger partial charge >= 0.3 is 0 Å². The summed E-state index contributed by atoms with van der Waals surface area (Å²) in [4.78, 5) is 12.4. The van der Waals surface area contributed by atoms with Gasteiger partial charge in [-0.3, -0.25) is 4.79 Å². The topological polar surface area (TPSA) is 137 Å². The number of Topliss-reactive ketones (excluding diaryl/α,β-unsaturated/α-hetero) is 1. The molecule has 1 heterocycles. The summed E-state index contributed by atoms with van der Waals surface area (Å²) in [5, 5.41) is 49.6. The first kappa shape index (κ1) is 15.8. The van der Waals surface area contributed by atoms with Crippen molar-refractivity contribution >= 4 is 5.78 Å². The monoisotopic (exact) mass is 334 g/mol. The second-order valence-electron chi connectivity index (χ2n) is 5.24. The normalized spacial score (nSPS) is 19.5. The molecule has 0 amide bonds. The smallest absolute Gasteiger partial charge is 0.203 e. The number of hydrogen-bond donors (Lipinski definition) is 5. The molecular weight excluding hydrogens is 320 g/mol. The molecule has 126 valence electrons. The van der Waals surface area contributed by atoms with E-state index >= 15 is 0 Å². The maximum absolute atomic E-state index is 12.4. The van der Waals surface area contributed by atoms with Crippen LogP contribution >= 0.6 is 0 Å². The second-order valence-corrected chi connectivity index (χ2v) is 5.24. The van der Waals surface area contributed by atoms with E-state index in [4.69, 9.17) is 9.47 Å². The zero-order valence-electron chi connectivity index (χ0n) is 12.4. The number of phenolic OH excluding ortho intramolecular Hbond substituents is 4. The lowest BCUT2D eigenvalue weighted by Gasteiger charge is -2.31. The van der Waals surface area contributed by atoms with Crippen LogP contribution in [0, 0.1) is 0 Å². The molecular formula is C16H14O8. The minimum Gasteiger partial charge on any atom is -0.508 e. The van der Waals surface area contributed by atoms with Crippen molar-refractivity contribution in [2.45, 2.75) is 12.2 Å². The lowest BCUT2D eigenvalue weighted by atomic mass is 9.92. The number of hydrogen-bond acceptors (Lipinski definition) is 8. The van der Waals surface area contributed by atoms with Gasteiger partial charge in [0.2, 0.25) is 11.5 Å². The van der Waals surface area contributed by atoms with Gasteiger partial charge in [0.15, 0.2) is 23.7 Å². The minimum absolute atomic E-state index is 0.0173. The number of benzene rings is 2. The van der Waals surface area contributed by atoms with Gasteiger partial charge in [-0.05, 0) is 18.2 Å². The average Bonchev–Trinajstić information content (AvgIpc) is 2.53. The molecule has 5 N–H and O–H groups in total. The summed E-state index contributed by atoms with van der Waals surface area (Å²) in [7, 11) is 1.19. The molecule has 0 aromatic heterocycles. The van der Waals surface area contributed by atoms with Gasteiger partial charge in [0, 0.05) is 11.6 Å². The SMILES string of the molecule is COc1c(O)cc2c(c1O)C(=O)C(O)C(c1cc(O)ccc1O)O2. The van der Waals surface area contributed by atoms with Crippen LogP contribution in [-0.2, 0) is 0 Å². The number of aliphatic hydroxyl groups is 1. The molecule has 0 saturated heterocycles. The van der Waals surface area contributed by atoms with Crippen LogP contribution in [0.1, 0.15) is 22.0 Å². The number of methoxy groups -OCH3 is 1. The summed E-state index contributed by atoms with van der Waals surface area (Å²) in [6.45, 7) is 0. The molecule has 2 unspecified atom stereocenters. The predicted molar refractivity (Wildman–Crippen MR) is 79.8 cm³/mol. The molecule has 0 aliphatic carbocycles. The zero-order chi connectivity index (χ0) is 17.6. The van der Waals surface area contributed by atoms with Crippen molar-refractivity contribution in [2.24, 2.45) is 0 Å². The number of fused-ring (bicyclic) bond motifs is 1. The lowest BCUT2D eigenvalue weighted by molar-refractivity contribution is 0.0201. The molecule has 2 atom stereocenters. The molecule has 2 aromatic carbocycles. The third-order valence-corrected chi connectivity index (χ3v) is 3.78. The highest BCUT2D eigenvalue weighted by atomic mass is 16.5. The maximum atomic E-state index is 12.4. The number of ether oxygens (including phenoxy) is 2. The highest BCUT2D eigenvalue weighted by Crippen LogP contribution is 2.49. The molecule has 0 fully saturated rings. The van der Waals surface area contributed by atoms with E-state index in [-0.39, 0.29) is 34.1 Å². The molecule has 8 heteroatoms. The van der Waals surface area contributed by atoms with Crippen LogP contribution in [0.25, 0.3) is 0 Å². The van der Waals surface area contributed by atoms with Gasteiger partial charge in [-0.25, -0.2) is 0 Å². The van der Waals surface area contributed by atoms with Crippen LogP contribution in [0.2, 0.25) is 0 Å². The Morgan fingerprint density at radius 1 is 1.08 bits per heavy atom. The van der Waals surface area contributed by atoms with Gasteiger partial charge in [0.05, 0.1) is 7.11 Å². The van der Waals surface area contributed by atoms with Gasteiger partial charge in [0.1, 0.15) is 22.8 Å². The number of phenols is 4. The number of aromatic hydroxyl groups is 4. The van der Waals surface area contributed by atoms with Crippen LogP contribution < -0.4 is 9.47 Å². The van der Waals surface area contributed by atoms with Crippen molar-refractivity contribution < 1.29 is 39.8 Å². The maximum Gasteiger partial charge on any atom is 0.203 e. The standard InChI is InChI=1S/C16H14O8/c1-23-16-9(19)5-10-11(13(16)21)12(20)14(22)15(24-10)7-4-6(17)2-3-8(7)18/h2-5,14-15,17-19,21-22H,1H3. The van der Waals surface area contributed by atoms with Gasteiger partial charge < -0.3 is 35.0 Å². The third-order valence-electron chi connectivity index (χ3n) is 3.78. The van der Waals surface area contributed by atoms with E-state index in [0.29, 0.717) is 0 Å². The highest BCUT2D eigenvalue weighted by Gasteiger charge is 2.41. The lowest BCUT2D eigenvalue weighted by Crippen LogP contribution is -2.36. The number of aliphatic hydroxyl groups excluding tert-OH is 1. The van der Waals surface area contributed by atoms with Gasteiger partial charge in [-0.2, -0.15) is 0 Å². The summed E-state index contributed by atoms with van der Waals surface area (Å²) in [5.41, 5.74) is -0.357. The van der Waals surface area contributed by atoms with Crippen molar-refractivity contribution in [3.05, 3.63) is 35.4 Å². The molecule has 0 radical (unpaired) electrons. The Hall–Kier alpha value is -3.13. The molecule has 8 nitrogen and oxygen atoms in total. The number of rotatable bonds is 2. The van der Waals surface area contributed by atoms with Crippen LogP contribution in [0.15, 0.2) is 24.3 Å². The Kier molecular flexibility index (Phi) is 3.61.